The van der Waals surface area contributed by atoms with Crippen molar-refractivity contribution in [1.82, 2.24) is 24.9 Å². The largest absolute Gasteiger partial charge is 0.335 e. The molecule has 1 aromatic heterocycles. The van der Waals surface area contributed by atoms with E-state index in [1.807, 2.05) is 26.4 Å². The third kappa shape index (κ3) is 5.06. The van der Waals surface area contributed by atoms with E-state index >= 15 is 0 Å². The van der Waals surface area contributed by atoms with E-state index in [1.165, 1.54) is 5.56 Å². The van der Waals surface area contributed by atoms with Gasteiger partial charge in [0.05, 0.1) is 12.7 Å². The molecule has 0 aliphatic carbocycles. The summed E-state index contributed by atoms with van der Waals surface area (Å²) in [7, 11) is 3.71. The summed E-state index contributed by atoms with van der Waals surface area (Å²) in [6.45, 7) is 3.60. The van der Waals surface area contributed by atoms with Crippen LogP contribution in [-0.4, -0.2) is 51.8 Å². The fraction of sp³-hybridized carbons (Fsp3) is 0.474. The summed E-state index contributed by atoms with van der Waals surface area (Å²) in [6, 6.07) is 10.8. The number of piperidine rings is 1. The maximum absolute atomic E-state index is 12.4. The molecule has 0 spiro atoms. The van der Waals surface area contributed by atoms with Crippen LogP contribution in [0.4, 0.5) is 4.79 Å². The molecule has 1 aromatic carbocycles. The highest BCUT2D eigenvalue weighted by molar-refractivity contribution is 5.74. The highest BCUT2D eigenvalue weighted by Gasteiger charge is 2.22. The Morgan fingerprint density at radius 3 is 2.60 bits per heavy atom. The van der Waals surface area contributed by atoms with E-state index in [9.17, 15) is 4.79 Å². The summed E-state index contributed by atoms with van der Waals surface area (Å²) < 4.78 is 1.75. The van der Waals surface area contributed by atoms with Crippen LogP contribution in [0.15, 0.2) is 42.7 Å². The quantitative estimate of drug-likeness (QED) is 0.907. The first-order chi connectivity index (χ1) is 12.1. The molecule has 134 valence electrons. The van der Waals surface area contributed by atoms with Crippen molar-refractivity contribution in [3.63, 3.8) is 0 Å². The van der Waals surface area contributed by atoms with Gasteiger partial charge in [0.2, 0.25) is 0 Å². The molecule has 0 saturated carbocycles. The van der Waals surface area contributed by atoms with Gasteiger partial charge in [-0.2, -0.15) is 5.10 Å². The van der Waals surface area contributed by atoms with Crippen molar-refractivity contribution < 1.29 is 4.79 Å². The molecule has 6 heteroatoms. The number of carbonyl (C=O) groups is 1. The van der Waals surface area contributed by atoms with Gasteiger partial charge in [-0.15, -0.1) is 0 Å². The van der Waals surface area contributed by atoms with Gasteiger partial charge in [-0.25, -0.2) is 4.79 Å². The predicted molar refractivity (Wildman–Crippen MR) is 97.9 cm³/mol. The van der Waals surface area contributed by atoms with Gasteiger partial charge < -0.3 is 10.2 Å². The van der Waals surface area contributed by atoms with E-state index < -0.39 is 0 Å². The van der Waals surface area contributed by atoms with Gasteiger partial charge in [0, 0.05) is 51.5 Å². The molecule has 1 saturated heterocycles. The molecule has 6 nitrogen and oxygen atoms in total. The zero-order valence-electron chi connectivity index (χ0n) is 15.1. The molecule has 2 heterocycles. The van der Waals surface area contributed by atoms with Gasteiger partial charge in [0.1, 0.15) is 0 Å². The minimum absolute atomic E-state index is 0.00892. The number of benzene rings is 1. The van der Waals surface area contributed by atoms with Crippen LogP contribution in [0.1, 0.15) is 24.0 Å². The predicted octanol–water partition coefficient (Wildman–Crippen LogP) is 2.23. The number of nitrogens with one attached hydrogen (secondary N) is 1. The summed E-state index contributed by atoms with van der Waals surface area (Å²) in [5, 5.41) is 7.30. The summed E-state index contributed by atoms with van der Waals surface area (Å²) in [5.74, 6) is 0. The molecule has 1 N–H and O–H groups in total. The van der Waals surface area contributed by atoms with Crippen LogP contribution in [0.3, 0.4) is 0 Å². The standard InChI is InChI=1S/C19H27N5O/c1-22(13-17-12-20-23(2)14-17)19(25)21-18-8-10-24(11-9-18)15-16-6-4-3-5-7-16/h3-7,12,14,18H,8-11,13,15H2,1-2H3,(H,21,25). The molecule has 0 unspecified atom stereocenters. The molecule has 2 aromatic rings. The van der Waals surface area contributed by atoms with Gasteiger partial charge in [-0.05, 0) is 18.4 Å². The molecule has 0 atom stereocenters. The highest BCUT2D eigenvalue weighted by atomic mass is 16.2. The van der Waals surface area contributed by atoms with E-state index in [2.05, 4.69) is 39.6 Å². The van der Waals surface area contributed by atoms with Crippen LogP contribution in [0, 0.1) is 0 Å². The second-order valence-corrected chi connectivity index (χ2v) is 6.86. The van der Waals surface area contributed by atoms with Crippen molar-refractivity contribution in [1.29, 1.82) is 0 Å². The Hall–Kier alpha value is -2.34. The van der Waals surface area contributed by atoms with Crippen LogP contribution < -0.4 is 5.32 Å². The zero-order chi connectivity index (χ0) is 17.6. The van der Waals surface area contributed by atoms with Crippen LogP contribution >= 0.6 is 0 Å². The maximum atomic E-state index is 12.4. The Morgan fingerprint density at radius 2 is 1.96 bits per heavy atom. The minimum atomic E-state index is -0.00892. The first kappa shape index (κ1) is 17.5. The molecule has 25 heavy (non-hydrogen) atoms. The Bertz CT molecular complexity index is 676. The Balaban J connectivity index is 1.41. The molecule has 0 bridgehead atoms. The van der Waals surface area contributed by atoms with E-state index in [0.29, 0.717) is 6.54 Å². The zero-order valence-corrected chi connectivity index (χ0v) is 15.1. The number of likely N-dealkylation sites (tertiary alicyclic amines) is 1. The van der Waals surface area contributed by atoms with Crippen LogP contribution in [0.2, 0.25) is 0 Å². The fourth-order valence-corrected chi connectivity index (χ4v) is 3.26. The first-order valence-corrected chi connectivity index (χ1v) is 8.85. The fourth-order valence-electron chi connectivity index (χ4n) is 3.26. The number of carbonyl (C=O) groups excluding carboxylic acids is 1. The molecule has 3 rings (SSSR count). The van der Waals surface area contributed by atoms with Crippen molar-refractivity contribution >= 4 is 6.03 Å². The topological polar surface area (TPSA) is 53.4 Å². The lowest BCUT2D eigenvalue weighted by molar-refractivity contribution is 0.173. The molecule has 0 radical (unpaired) electrons. The average Bonchev–Trinajstić information content (AvgIpc) is 3.02. The lowest BCUT2D eigenvalue weighted by Crippen LogP contribution is -2.47. The number of nitrogens with zero attached hydrogens (tertiary/aromatic N) is 4. The van der Waals surface area contributed by atoms with Crippen molar-refractivity contribution in [2.75, 3.05) is 20.1 Å². The smallest absolute Gasteiger partial charge is 0.317 e. The van der Waals surface area contributed by atoms with E-state index in [4.69, 9.17) is 0 Å². The van der Waals surface area contributed by atoms with Gasteiger partial charge in [-0.3, -0.25) is 9.58 Å². The van der Waals surface area contributed by atoms with Crippen LogP contribution in [0.25, 0.3) is 0 Å². The number of hydrogen-bond donors (Lipinski definition) is 1. The number of amides is 2. The number of hydrogen-bond acceptors (Lipinski definition) is 3. The molecule has 1 fully saturated rings. The Kier molecular flexibility index (Phi) is 5.71. The Labute approximate surface area is 149 Å². The van der Waals surface area contributed by atoms with Gasteiger partial charge in [-0.1, -0.05) is 30.3 Å². The summed E-state index contributed by atoms with van der Waals surface area (Å²) >= 11 is 0. The van der Waals surface area contributed by atoms with Crippen molar-refractivity contribution in [2.45, 2.75) is 32.0 Å². The van der Waals surface area contributed by atoms with Gasteiger partial charge >= 0.3 is 6.03 Å². The summed E-state index contributed by atoms with van der Waals surface area (Å²) in [6.07, 6.45) is 5.73. The number of aromatic nitrogens is 2. The highest BCUT2D eigenvalue weighted by Crippen LogP contribution is 2.14. The molecule has 2 amide bonds. The van der Waals surface area contributed by atoms with Crippen LogP contribution in [0.5, 0.6) is 0 Å². The average molecular weight is 341 g/mol. The SMILES string of the molecule is CN(Cc1cnn(C)c1)C(=O)NC1CCN(Cc2ccccc2)CC1. The van der Waals surface area contributed by atoms with Gasteiger partial charge in [0.15, 0.2) is 0 Å². The first-order valence-electron chi connectivity index (χ1n) is 8.85. The monoisotopic (exact) mass is 341 g/mol. The normalized spacial score (nSPS) is 15.9. The van der Waals surface area contributed by atoms with Gasteiger partial charge in [0.25, 0.3) is 0 Å². The Morgan fingerprint density at radius 1 is 1.24 bits per heavy atom. The lowest BCUT2D eigenvalue weighted by Gasteiger charge is -2.33. The molecule has 1 aliphatic heterocycles. The minimum Gasteiger partial charge on any atom is -0.335 e. The third-order valence-corrected chi connectivity index (χ3v) is 4.69. The third-order valence-electron chi connectivity index (χ3n) is 4.69. The van der Waals surface area contributed by atoms with Crippen molar-refractivity contribution in [2.24, 2.45) is 7.05 Å². The van der Waals surface area contributed by atoms with Crippen molar-refractivity contribution in [3.05, 3.63) is 53.9 Å². The van der Waals surface area contributed by atoms with E-state index in [-0.39, 0.29) is 12.1 Å². The maximum Gasteiger partial charge on any atom is 0.317 e. The van der Waals surface area contributed by atoms with E-state index in [1.54, 1.807) is 15.8 Å². The number of aryl methyl sites for hydroxylation is 1. The lowest BCUT2D eigenvalue weighted by atomic mass is 10.0. The summed E-state index contributed by atoms with van der Waals surface area (Å²) in [4.78, 5) is 16.5. The second kappa shape index (κ2) is 8.16. The number of rotatable bonds is 5. The molecular weight excluding hydrogens is 314 g/mol. The summed E-state index contributed by atoms with van der Waals surface area (Å²) in [5.41, 5.74) is 2.39. The van der Waals surface area contributed by atoms with Crippen molar-refractivity contribution in [3.8, 4) is 0 Å². The van der Waals surface area contributed by atoms with E-state index in [0.717, 1.165) is 38.0 Å². The number of urea groups is 1. The molecular formula is C19H27N5O. The van der Waals surface area contributed by atoms with Crippen LogP contribution in [-0.2, 0) is 20.1 Å². The molecule has 1 aliphatic rings. The second-order valence-electron chi connectivity index (χ2n) is 6.86.